The summed E-state index contributed by atoms with van der Waals surface area (Å²) in [4.78, 5) is 33.6. The molecule has 1 amide bonds. The van der Waals surface area contributed by atoms with E-state index in [1.165, 1.54) is 0 Å². The molecule has 5 rings (SSSR count). The van der Waals surface area contributed by atoms with Crippen molar-refractivity contribution in [2.45, 2.75) is 49.0 Å². The molecular formula is C20H27N7O2S. The van der Waals surface area contributed by atoms with Gasteiger partial charge in [0.05, 0.1) is 12.0 Å². The van der Waals surface area contributed by atoms with Crippen molar-refractivity contribution in [3.63, 3.8) is 0 Å². The number of H-pyrrole nitrogens is 1. The molecule has 10 heteroatoms. The highest BCUT2D eigenvalue weighted by Crippen LogP contribution is 2.35. The van der Waals surface area contributed by atoms with Crippen molar-refractivity contribution in [2.24, 2.45) is 0 Å². The molecule has 0 spiro atoms. The number of likely N-dealkylation sites (tertiary alicyclic amines) is 1. The van der Waals surface area contributed by atoms with Crippen molar-refractivity contribution in [3.05, 3.63) is 23.9 Å². The number of fused-ring (bicyclic) bond motifs is 1. The topological polar surface area (TPSA) is 113 Å². The summed E-state index contributed by atoms with van der Waals surface area (Å²) >= 11 is -1.07. The van der Waals surface area contributed by atoms with Gasteiger partial charge in [0.2, 0.25) is 16.8 Å². The number of aromatic nitrogens is 4. The molecule has 2 aromatic rings. The minimum absolute atomic E-state index is 0.113. The molecule has 2 N–H and O–H groups in total. The number of imidazole rings is 1. The fraction of sp³-hybridized carbons (Fsp3) is 0.600. The first kappa shape index (κ1) is 19.6. The van der Waals surface area contributed by atoms with Gasteiger partial charge >= 0.3 is 0 Å². The first-order valence-corrected chi connectivity index (χ1v) is 11.9. The molecule has 2 saturated heterocycles. The summed E-state index contributed by atoms with van der Waals surface area (Å²) in [5.41, 5.74) is 2.02. The van der Waals surface area contributed by atoms with Crippen LogP contribution in [0, 0.1) is 0 Å². The number of piperidine rings is 2. The third-order valence-electron chi connectivity index (χ3n) is 6.36. The van der Waals surface area contributed by atoms with E-state index in [0.29, 0.717) is 30.5 Å². The molecule has 160 valence electrons. The lowest BCUT2D eigenvalue weighted by Crippen LogP contribution is -2.43. The van der Waals surface area contributed by atoms with Crippen LogP contribution in [-0.2, 0) is 22.4 Å². The highest BCUT2D eigenvalue weighted by molar-refractivity contribution is 7.91. The van der Waals surface area contributed by atoms with Crippen LogP contribution in [0.3, 0.4) is 0 Å². The van der Waals surface area contributed by atoms with E-state index in [1.54, 1.807) is 11.2 Å². The Balaban J connectivity index is 1.35. The number of hydrogen-bond donors (Lipinski definition) is 2. The maximum atomic E-state index is 12.6. The van der Waals surface area contributed by atoms with Crippen LogP contribution >= 0.6 is 0 Å². The number of anilines is 2. The van der Waals surface area contributed by atoms with Gasteiger partial charge in [-0.3, -0.25) is 4.79 Å². The molecule has 3 aliphatic rings. The Labute approximate surface area is 178 Å². The quantitative estimate of drug-likeness (QED) is 0.704. The SMILES string of the molecule is CN1C[C@@H](Nc2nc(N3CCC(c4c[nH]cn4)CC3)nc3c2[S+]([O-])CC3)CCC1=O. The molecule has 0 aromatic carbocycles. The van der Waals surface area contributed by atoms with Crippen LogP contribution in [0.15, 0.2) is 17.4 Å². The predicted octanol–water partition coefficient (Wildman–Crippen LogP) is 1.28. The number of carbonyl (C=O) groups excluding carboxylic acids is 1. The Morgan fingerprint density at radius 1 is 1.23 bits per heavy atom. The molecule has 3 aliphatic heterocycles. The third-order valence-corrected chi connectivity index (χ3v) is 7.82. The number of aromatic amines is 1. The lowest BCUT2D eigenvalue weighted by atomic mass is 9.94. The summed E-state index contributed by atoms with van der Waals surface area (Å²) in [7, 11) is 1.83. The van der Waals surface area contributed by atoms with Crippen LogP contribution in [0.1, 0.15) is 43.0 Å². The predicted molar refractivity (Wildman–Crippen MR) is 114 cm³/mol. The van der Waals surface area contributed by atoms with E-state index in [2.05, 4.69) is 20.2 Å². The maximum Gasteiger partial charge on any atom is 0.227 e. The van der Waals surface area contributed by atoms with Crippen LogP contribution in [0.25, 0.3) is 0 Å². The summed E-state index contributed by atoms with van der Waals surface area (Å²) in [6, 6.07) is 0.113. The van der Waals surface area contributed by atoms with Gasteiger partial charge < -0.3 is 24.7 Å². The van der Waals surface area contributed by atoms with Crippen LogP contribution in [0.4, 0.5) is 11.8 Å². The van der Waals surface area contributed by atoms with Gasteiger partial charge in [0.1, 0.15) is 11.4 Å². The Kier molecular flexibility index (Phi) is 5.28. The van der Waals surface area contributed by atoms with Gasteiger partial charge in [0.15, 0.2) is 5.82 Å². The van der Waals surface area contributed by atoms with E-state index in [0.717, 1.165) is 61.0 Å². The lowest BCUT2D eigenvalue weighted by Gasteiger charge is -2.33. The molecule has 2 atom stereocenters. The van der Waals surface area contributed by atoms with Crippen LogP contribution in [0.2, 0.25) is 0 Å². The Morgan fingerprint density at radius 2 is 2.07 bits per heavy atom. The third kappa shape index (κ3) is 3.74. The van der Waals surface area contributed by atoms with Crippen molar-refractivity contribution in [1.82, 2.24) is 24.8 Å². The number of likely N-dealkylation sites (N-methyl/N-ethyl adjacent to an activating group) is 1. The number of aryl methyl sites for hydroxylation is 1. The van der Waals surface area contributed by atoms with E-state index in [-0.39, 0.29) is 11.9 Å². The zero-order valence-corrected chi connectivity index (χ0v) is 18.0. The fourth-order valence-corrected chi connectivity index (χ4v) is 5.93. The van der Waals surface area contributed by atoms with Crippen molar-refractivity contribution in [1.29, 1.82) is 0 Å². The van der Waals surface area contributed by atoms with E-state index in [4.69, 9.17) is 9.97 Å². The van der Waals surface area contributed by atoms with Gasteiger partial charge in [-0.05, 0) is 30.4 Å². The van der Waals surface area contributed by atoms with Crippen molar-refractivity contribution < 1.29 is 9.35 Å². The maximum absolute atomic E-state index is 12.6. The van der Waals surface area contributed by atoms with Gasteiger partial charge in [-0.1, -0.05) is 0 Å². The Morgan fingerprint density at radius 3 is 2.80 bits per heavy atom. The zero-order valence-electron chi connectivity index (χ0n) is 17.1. The fourth-order valence-electron chi connectivity index (χ4n) is 4.62. The lowest BCUT2D eigenvalue weighted by molar-refractivity contribution is -0.132. The second-order valence-electron chi connectivity index (χ2n) is 8.36. The molecule has 1 unspecified atom stereocenters. The summed E-state index contributed by atoms with van der Waals surface area (Å²) in [6.07, 6.45) is 7.75. The second kappa shape index (κ2) is 8.07. The van der Waals surface area contributed by atoms with Crippen molar-refractivity contribution in [3.8, 4) is 0 Å². The van der Waals surface area contributed by atoms with Crippen LogP contribution in [0.5, 0.6) is 0 Å². The molecular weight excluding hydrogens is 402 g/mol. The molecule has 2 aromatic heterocycles. The summed E-state index contributed by atoms with van der Waals surface area (Å²) in [5.74, 6) is 2.64. The average molecular weight is 430 g/mol. The van der Waals surface area contributed by atoms with Gasteiger partial charge in [-0.2, -0.15) is 4.98 Å². The smallest absolute Gasteiger partial charge is 0.227 e. The van der Waals surface area contributed by atoms with E-state index in [1.807, 2.05) is 13.2 Å². The van der Waals surface area contributed by atoms with Gasteiger partial charge in [-0.25, -0.2) is 9.97 Å². The number of nitrogens with zero attached hydrogens (tertiary/aromatic N) is 5. The minimum Gasteiger partial charge on any atom is -0.611 e. The Hall–Kier alpha value is -2.33. The molecule has 0 aliphatic carbocycles. The van der Waals surface area contributed by atoms with Crippen LogP contribution in [-0.4, -0.2) is 73.8 Å². The molecule has 0 radical (unpaired) electrons. The zero-order chi connectivity index (χ0) is 20.7. The number of carbonyl (C=O) groups is 1. The summed E-state index contributed by atoms with van der Waals surface area (Å²) in [6.45, 7) is 2.38. The molecule has 0 saturated carbocycles. The molecule has 30 heavy (non-hydrogen) atoms. The monoisotopic (exact) mass is 429 g/mol. The van der Waals surface area contributed by atoms with E-state index >= 15 is 0 Å². The van der Waals surface area contributed by atoms with Crippen molar-refractivity contribution in [2.75, 3.05) is 42.7 Å². The molecule has 5 heterocycles. The Bertz CT molecular complexity index is 914. The van der Waals surface area contributed by atoms with Crippen LogP contribution < -0.4 is 10.2 Å². The average Bonchev–Trinajstić information content (AvgIpc) is 3.41. The van der Waals surface area contributed by atoms with Gasteiger partial charge in [0, 0.05) is 57.7 Å². The summed E-state index contributed by atoms with van der Waals surface area (Å²) in [5, 5.41) is 3.49. The number of nitrogens with one attached hydrogen (secondary N) is 2. The minimum atomic E-state index is -1.07. The first-order chi connectivity index (χ1) is 14.6. The van der Waals surface area contributed by atoms with Crippen molar-refractivity contribution >= 4 is 28.8 Å². The number of rotatable bonds is 4. The standard InChI is InChI=1S/C20H27N7O2S/c1-26-11-14(2-3-17(26)28)23-19-18-15(6-9-30(18)29)24-20(25-19)27-7-4-13(5-8-27)16-10-21-12-22-16/h10,12-14H,2-9,11H2,1H3,(H,21,22)(H,23,24,25)/t14-,30?/m0/s1. The largest absolute Gasteiger partial charge is 0.611 e. The summed E-state index contributed by atoms with van der Waals surface area (Å²) < 4.78 is 12.6. The highest BCUT2D eigenvalue weighted by atomic mass is 32.2. The second-order valence-corrected chi connectivity index (χ2v) is 9.86. The number of hydrogen-bond acceptors (Lipinski definition) is 7. The van der Waals surface area contributed by atoms with E-state index < -0.39 is 11.2 Å². The molecule has 2 fully saturated rings. The first-order valence-electron chi connectivity index (χ1n) is 10.6. The molecule has 0 bridgehead atoms. The van der Waals surface area contributed by atoms with E-state index in [9.17, 15) is 9.35 Å². The molecule has 9 nitrogen and oxygen atoms in total. The van der Waals surface area contributed by atoms with Gasteiger partial charge in [-0.15, -0.1) is 0 Å². The highest BCUT2D eigenvalue weighted by Gasteiger charge is 2.35. The number of amides is 1. The normalized spacial score (nSPS) is 24.9. The van der Waals surface area contributed by atoms with Gasteiger partial charge in [0.25, 0.3) is 0 Å².